The van der Waals surface area contributed by atoms with E-state index in [1.165, 1.54) is 56.7 Å². The van der Waals surface area contributed by atoms with Crippen LogP contribution < -0.4 is 10.2 Å². The van der Waals surface area contributed by atoms with Crippen LogP contribution in [0.5, 0.6) is 0 Å². The quantitative estimate of drug-likeness (QED) is 0.918. The van der Waals surface area contributed by atoms with E-state index in [4.69, 9.17) is 0 Å². The van der Waals surface area contributed by atoms with Crippen LogP contribution in [0.25, 0.3) is 0 Å². The number of anilines is 1. The monoisotopic (exact) mass is 287 g/mol. The molecule has 21 heavy (non-hydrogen) atoms. The molecule has 2 saturated heterocycles. The van der Waals surface area contributed by atoms with Gasteiger partial charge in [-0.15, -0.1) is 0 Å². The molecule has 1 N–H and O–H groups in total. The topological polar surface area (TPSA) is 18.5 Å². The average Bonchev–Trinajstić information content (AvgIpc) is 2.82. The van der Waals surface area contributed by atoms with Crippen molar-refractivity contribution < 1.29 is 0 Å². The molecule has 1 atom stereocenters. The zero-order valence-electron chi connectivity index (χ0n) is 13.5. The summed E-state index contributed by atoms with van der Waals surface area (Å²) in [5.41, 5.74) is 2.89. The van der Waals surface area contributed by atoms with Crippen LogP contribution >= 0.6 is 0 Å². The average molecular weight is 287 g/mol. The number of nitrogens with zero attached hydrogens (tertiary/aromatic N) is 2. The highest BCUT2D eigenvalue weighted by atomic mass is 15.3. The van der Waals surface area contributed by atoms with Crippen LogP contribution in [0.2, 0.25) is 0 Å². The van der Waals surface area contributed by atoms with E-state index in [1.807, 2.05) is 0 Å². The molecule has 1 aromatic rings. The summed E-state index contributed by atoms with van der Waals surface area (Å²) in [6.45, 7) is 10.4. The Morgan fingerprint density at radius 2 is 1.95 bits per heavy atom. The van der Waals surface area contributed by atoms with Gasteiger partial charge in [0.2, 0.25) is 0 Å². The van der Waals surface area contributed by atoms with Crippen LogP contribution in [-0.2, 0) is 6.54 Å². The maximum absolute atomic E-state index is 3.57. The van der Waals surface area contributed by atoms with E-state index in [2.05, 4.69) is 53.2 Å². The summed E-state index contributed by atoms with van der Waals surface area (Å²) in [5.74, 6) is 0. The Labute approximate surface area is 129 Å². The summed E-state index contributed by atoms with van der Waals surface area (Å²) in [6, 6.07) is 10.3. The van der Waals surface area contributed by atoms with Gasteiger partial charge in [-0.3, -0.25) is 4.90 Å². The zero-order chi connectivity index (χ0) is 14.7. The van der Waals surface area contributed by atoms with Crippen LogP contribution in [0.15, 0.2) is 24.3 Å². The van der Waals surface area contributed by atoms with Crippen molar-refractivity contribution in [2.45, 2.75) is 51.7 Å². The van der Waals surface area contributed by atoms with Crippen LogP contribution in [0.3, 0.4) is 0 Å². The van der Waals surface area contributed by atoms with E-state index < -0.39 is 0 Å². The fourth-order valence-corrected chi connectivity index (χ4v) is 3.71. The standard InChI is InChI=1S/C18H29N3/c1-15(2)19-13-16-7-3-4-9-18(16)21-12-6-11-20-10-5-8-17(20)14-21/h3-4,7,9,15,17,19H,5-6,8,10-14H2,1-2H3. The third-order valence-corrected chi connectivity index (χ3v) is 4.84. The van der Waals surface area contributed by atoms with Gasteiger partial charge in [0.25, 0.3) is 0 Å². The predicted octanol–water partition coefficient (Wildman–Crippen LogP) is 2.86. The number of benzene rings is 1. The second kappa shape index (κ2) is 6.80. The Morgan fingerprint density at radius 1 is 1.14 bits per heavy atom. The maximum atomic E-state index is 3.57. The third-order valence-electron chi connectivity index (χ3n) is 4.84. The van der Waals surface area contributed by atoms with Crippen molar-refractivity contribution >= 4 is 5.69 Å². The van der Waals surface area contributed by atoms with E-state index in [9.17, 15) is 0 Å². The van der Waals surface area contributed by atoms with Crippen LogP contribution in [0.1, 0.15) is 38.7 Å². The molecular formula is C18H29N3. The van der Waals surface area contributed by atoms with E-state index in [0.717, 1.165) is 12.6 Å². The van der Waals surface area contributed by atoms with Crippen molar-refractivity contribution in [2.24, 2.45) is 0 Å². The van der Waals surface area contributed by atoms with Crippen molar-refractivity contribution in [1.82, 2.24) is 10.2 Å². The van der Waals surface area contributed by atoms with E-state index >= 15 is 0 Å². The minimum Gasteiger partial charge on any atom is -0.370 e. The predicted molar refractivity (Wildman–Crippen MR) is 89.8 cm³/mol. The van der Waals surface area contributed by atoms with Gasteiger partial charge in [-0.1, -0.05) is 32.0 Å². The minimum absolute atomic E-state index is 0.535. The summed E-state index contributed by atoms with van der Waals surface area (Å²) < 4.78 is 0. The fourth-order valence-electron chi connectivity index (χ4n) is 3.71. The Hall–Kier alpha value is -1.06. The molecule has 0 aliphatic carbocycles. The summed E-state index contributed by atoms with van der Waals surface area (Å²) in [4.78, 5) is 5.34. The first-order valence-electron chi connectivity index (χ1n) is 8.54. The van der Waals surface area contributed by atoms with E-state index in [0.29, 0.717) is 6.04 Å². The smallest absolute Gasteiger partial charge is 0.0412 e. The molecule has 2 heterocycles. The number of fused-ring (bicyclic) bond motifs is 1. The van der Waals surface area contributed by atoms with Gasteiger partial charge in [-0.25, -0.2) is 0 Å². The molecule has 0 amide bonds. The molecule has 3 rings (SSSR count). The first-order chi connectivity index (χ1) is 10.2. The van der Waals surface area contributed by atoms with E-state index in [-0.39, 0.29) is 0 Å². The number of hydrogen-bond acceptors (Lipinski definition) is 3. The summed E-state index contributed by atoms with van der Waals surface area (Å²) in [5, 5.41) is 3.57. The highest BCUT2D eigenvalue weighted by Crippen LogP contribution is 2.27. The first-order valence-corrected chi connectivity index (χ1v) is 8.54. The normalized spacial score (nSPS) is 23.4. The molecule has 0 radical (unpaired) electrons. The second-order valence-corrected chi connectivity index (χ2v) is 6.80. The molecule has 1 aromatic carbocycles. The molecule has 1 unspecified atom stereocenters. The van der Waals surface area contributed by atoms with Gasteiger partial charge in [-0.05, 0) is 37.4 Å². The van der Waals surface area contributed by atoms with Gasteiger partial charge in [0.15, 0.2) is 0 Å². The largest absolute Gasteiger partial charge is 0.370 e. The lowest BCUT2D eigenvalue weighted by Gasteiger charge is -2.29. The molecule has 0 spiro atoms. The summed E-state index contributed by atoms with van der Waals surface area (Å²) in [6.07, 6.45) is 4.06. The second-order valence-electron chi connectivity index (χ2n) is 6.80. The van der Waals surface area contributed by atoms with Crippen molar-refractivity contribution in [3.63, 3.8) is 0 Å². The Morgan fingerprint density at radius 3 is 2.81 bits per heavy atom. The number of rotatable bonds is 4. The Balaban J connectivity index is 1.75. The van der Waals surface area contributed by atoms with Crippen molar-refractivity contribution in [3.05, 3.63) is 29.8 Å². The lowest BCUT2D eigenvalue weighted by atomic mass is 10.1. The third kappa shape index (κ3) is 3.58. The Bertz CT molecular complexity index is 458. The SMILES string of the molecule is CC(C)NCc1ccccc1N1CCCN2CCCC2C1. The first kappa shape index (κ1) is 14.9. The minimum atomic E-state index is 0.535. The van der Waals surface area contributed by atoms with Crippen LogP contribution in [0, 0.1) is 0 Å². The maximum Gasteiger partial charge on any atom is 0.0412 e. The van der Waals surface area contributed by atoms with Crippen LogP contribution in [0.4, 0.5) is 5.69 Å². The summed E-state index contributed by atoms with van der Waals surface area (Å²) in [7, 11) is 0. The zero-order valence-corrected chi connectivity index (χ0v) is 13.5. The highest BCUT2D eigenvalue weighted by Gasteiger charge is 2.29. The van der Waals surface area contributed by atoms with Gasteiger partial charge < -0.3 is 10.2 Å². The lowest BCUT2D eigenvalue weighted by Crippen LogP contribution is -2.37. The lowest BCUT2D eigenvalue weighted by molar-refractivity contribution is 0.273. The summed E-state index contributed by atoms with van der Waals surface area (Å²) >= 11 is 0. The molecule has 3 nitrogen and oxygen atoms in total. The molecule has 0 aromatic heterocycles. The van der Waals surface area contributed by atoms with Gasteiger partial charge in [0.1, 0.15) is 0 Å². The molecule has 116 valence electrons. The molecular weight excluding hydrogens is 258 g/mol. The molecule has 2 aliphatic heterocycles. The highest BCUT2D eigenvalue weighted by molar-refractivity contribution is 5.54. The van der Waals surface area contributed by atoms with Gasteiger partial charge in [-0.2, -0.15) is 0 Å². The molecule has 0 saturated carbocycles. The van der Waals surface area contributed by atoms with Crippen molar-refractivity contribution in [2.75, 3.05) is 31.1 Å². The number of nitrogens with one attached hydrogen (secondary N) is 1. The Kier molecular flexibility index (Phi) is 4.81. The molecule has 2 aliphatic rings. The van der Waals surface area contributed by atoms with E-state index in [1.54, 1.807) is 0 Å². The molecule has 2 fully saturated rings. The van der Waals surface area contributed by atoms with Gasteiger partial charge in [0, 0.05) is 44.0 Å². The van der Waals surface area contributed by atoms with Gasteiger partial charge in [0.05, 0.1) is 0 Å². The molecule has 0 bridgehead atoms. The molecule has 3 heteroatoms. The number of para-hydroxylation sites is 1. The van der Waals surface area contributed by atoms with Gasteiger partial charge >= 0.3 is 0 Å². The van der Waals surface area contributed by atoms with Crippen LogP contribution in [-0.4, -0.2) is 43.2 Å². The number of hydrogen-bond donors (Lipinski definition) is 1. The fraction of sp³-hybridized carbons (Fsp3) is 0.667. The van der Waals surface area contributed by atoms with Crippen molar-refractivity contribution in [1.29, 1.82) is 0 Å². The van der Waals surface area contributed by atoms with Crippen molar-refractivity contribution in [3.8, 4) is 0 Å².